The molecule has 0 bridgehead atoms. The molecule has 0 aliphatic heterocycles. The van der Waals surface area contributed by atoms with Crippen molar-refractivity contribution in [1.29, 1.82) is 0 Å². The summed E-state index contributed by atoms with van der Waals surface area (Å²) in [5.74, 6) is 0.679. The molecule has 0 radical (unpaired) electrons. The highest BCUT2D eigenvalue weighted by molar-refractivity contribution is 7.85. The Morgan fingerprint density at radius 2 is 1.75 bits per heavy atom. The van der Waals surface area contributed by atoms with E-state index in [0.717, 1.165) is 11.3 Å². The quantitative estimate of drug-likeness (QED) is 0.738. The van der Waals surface area contributed by atoms with Gasteiger partial charge in [0.15, 0.2) is 0 Å². The van der Waals surface area contributed by atoms with Crippen molar-refractivity contribution >= 4 is 22.4 Å². The molecule has 88 valence electrons. The first-order valence-corrected chi connectivity index (χ1v) is 6.97. The van der Waals surface area contributed by atoms with E-state index in [1.54, 1.807) is 12.1 Å². The Morgan fingerprint density at radius 1 is 1.19 bits per heavy atom. The summed E-state index contributed by atoms with van der Waals surface area (Å²) in [5, 5.41) is 0.682. The van der Waals surface area contributed by atoms with Crippen LogP contribution in [-0.2, 0) is 10.8 Å². The van der Waals surface area contributed by atoms with Crippen LogP contribution in [0.5, 0.6) is 0 Å². The van der Waals surface area contributed by atoms with Gasteiger partial charge in [-0.2, -0.15) is 0 Å². The Labute approximate surface area is 105 Å². The fourth-order valence-corrected chi connectivity index (χ4v) is 2.49. The first-order chi connectivity index (χ1) is 7.50. The topological polar surface area (TPSA) is 17.1 Å². The van der Waals surface area contributed by atoms with Gasteiger partial charge in [0.1, 0.15) is 0 Å². The maximum Gasteiger partial charge on any atom is 0.0532 e. The molecule has 0 aliphatic carbocycles. The van der Waals surface area contributed by atoms with Crippen molar-refractivity contribution in [2.24, 2.45) is 0 Å². The van der Waals surface area contributed by atoms with Crippen LogP contribution in [0.2, 0.25) is 5.02 Å². The van der Waals surface area contributed by atoms with Gasteiger partial charge in [0.2, 0.25) is 0 Å². The van der Waals surface area contributed by atoms with Crippen molar-refractivity contribution < 1.29 is 4.21 Å². The Hall–Kier alpha value is -0.600. The molecule has 1 aromatic rings. The minimum Gasteiger partial charge on any atom is -0.254 e. The lowest BCUT2D eigenvalue weighted by molar-refractivity contribution is 0.682. The van der Waals surface area contributed by atoms with Gasteiger partial charge in [-0.1, -0.05) is 22.7 Å². The van der Waals surface area contributed by atoms with Gasteiger partial charge in [-0.25, -0.2) is 0 Å². The Kier molecular flexibility index (Phi) is 5.23. The van der Waals surface area contributed by atoms with E-state index in [1.165, 1.54) is 11.1 Å². The summed E-state index contributed by atoms with van der Waals surface area (Å²) < 4.78 is 11.9. The lowest BCUT2D eigenvalue weighted by Crippen LogP contribution is -1.99. The highest BCUT2D eigenvalue weighted by Gasteiger charge is 2.04. The van der Waals surface area contributed by atoms with Crippen LogP contribution in [0.3, 0.4) is 0 Å². The van der Waals surface area contributed by atoms with Crippen molar-refractivity contribution in [3.63, 3.8) is 0 Å². The molecule has 1 atom stereocenters. The zero-order valence-electron chi connectivity index (χ0n) is 9.92. The Morgan fingerprint density at radius 3 is 2.25 bits per heavy atom. The average molecular weight is 257 g/mol. The van der Waals surface area contributed by atoms with Crippen LogP contribution < -0.4 is 0 Å². The molecule has 0 aromatic heterocycles. The van der Waals surface area contributed by atoms with Crippen LogP contribution in [0.25, 0.3) is 0 Å². The van der Waals surface area contributed by atoms with E-state index >= 15 is 0 Å². The van der Waals surface area contributed by atoms with Crippen LogP contribution in [-0.4, -0.2) is 9.96 Å². The number of halogens is 1. The van der Waals surface area contributed by atoms with Gasteiger partial charge in [0, 0.05) is 15.7 Å². The van der Waals surface area contributed by atoms with E-state index < -0.39 is 10.8 Å². The van der Waals surface area contributed by atoms with Gasteiger partial charge in [0.25, 0.3) is 0 Å². The smallest absolute Gasteiger partial charge is 0.0532 e. The van der Waals surface area contributed by atoms with Gasteiger partial charge >= 0.3 is 0 Å². The molecule has 0 aliphatic rings. The third-order valence-corrected chi connectivity index (χ3v) is 4.22. The van der Waals surface area contributed by atoms with E-state index in [4.69, 9.17) is 11.6 Å². The van der Waals surface area contributed by atoms with E-state index in [0.29, 0.717) is 10.8 Å². The number of hydrogen-bond acceptors (Lipinski definition) is 1. The minimum atomic E-state index is -0.922. The molecule has 1 unspecified atom stereocenters. The summed E-state index contributed by atoms with van der Waals surface area (Å²) in [6.07, 6.45) is 0.886. The SMILES string of the molecule is CC(C)=C(C)CCS(=O)c1ccc(Cl)cc1. The molecule has 1 aromatic carbocycles. The van der Waals surface area contributed by atoms with Crippen LogP contribution in [0.4, 0.5) is 0 Å². The molecule has 0 spiro atoms. The summed E-state index contributed by atoms with van der Waals surface area (Å²) in [6, 6.07) is 7.22. The summed E-state index contributed by atoms with van der Waals surface area (Å²) in [6.45, 7) is 6.26. The minimum absolute atomic E-state index is 0.679. The highest BCUT2D eigenvalue weighted by Crippen LogP contribution is 2.15. The molecular formula is C13H17ClOS. The van der Waals surface area contributed by atoms with E-state index in [9.17, 15) is 4.21 Å². The predicted octanol–water partition coefficient (Wildman–Crippen LogP) is 4.19. The van der Waals surface area contributed by atoms with Gasteiger partial charge < -0.3 is 0 Å². The van der Waals surface area contributed by atoms with Crippen molar-refractivity contribution in [1.82, 2.24) is 0 Å². The third-order valence-electron chi connectivity index (χ3n) is 2.59. The zero-order valence-corrected chi connectivity index (χ0v) is 11.5. The molecule has 3 heteroatoms. The monoisotopic (exact) mass is 256 g/mol. The normalized spacial score (nSPS) is 12.2. The van der Waals surface area contributed by atoms with E-state index in [2.05, 4.69) is 20.8 Å². The van der Waals surface area contributed by atoms with Crippen molar-refractivity contribution in [3.8, 4) is 0 Å². The number of hydrogen-bond donors (Lipinski definition) is 0. The van der Waals surface area contributed by atoms with Gasteiger partial charge in [-0.15, -0.1) is 0 Å². The second-order valence-electron chi connectivity index (χ2n) is 4.03. The first kappa shape index (κ1) is 13.5. The molecule has 0 saturated carbocycles. The molecule has 0 saturated heterocycles. The predicted molar refractivity (Wildman–Crippen MR) is 71.4 cm³/mol. The highest BCUT2D eigenvalue weighted by atomic mass is 35.5. The second-order valence-corrected chi connectivity index (χ2v) is 6.04. The fourth-order valence-electron chi connectivity index (χ4n) is 1.20. The van der Waals surface area contributed by atoms with Gasteiger partial charge in [0.05, 0.1) is 10.8 Å². The van der Waals surface area contributed by atoms with Crippen LogP contribution in [0.15, 0.2) is 40.3 Å². The van der Waals surface area contributed by atoms with Crippen molar-refractivity contribution in [2.45, 2.75) is 32.1 Å². The lowest BCUT2D eigenvalue weighted by atomic mass is 10.1. The number of rotatable bonds is 4. The Balaban J connectivity index is 2.60. The van der Waals surface area contributed by atoms with Gasteiger partial charge in [-0.05, 0) is 51.5 Å². The summed E-state index contributed by atoms with van der Waals surface area (Å²) in [7, 11) is -0.922. The standard InChI is InChI=1S/C13H17ClOS/c1-10(2)11(3)8-9-16(15)13-6-4-12(14)5-7-13/h4-7H,8-9H2,1-3H3. The molecule has 0 N–H and O–H groups in total. The lowest BCUT2D eigenvalue weighted by Gasteiger charge is -2.04. The van der Waals surface area contributed by atoms with Crippen LogP contribution >= 0.6 is 11.6 Å². The molecule has 1 rings (SSSR count). The first-order valence-electron chi connectivity index (χ1n) is 5.27. The second kappa shape index (κ2) is 6.21. The van der Waals surface area contributed by atoms with Crippen LogP contribution in [0, 0.1) is 0 Å². The summed E-state index contributed by atoms with van der Waals surface area (Å²) in [5.41, 5.74) is 2.63. The zero-order chi connectivity index (χ0) is 12.1. The maximum atomic E-state index is 11.9. The average Bonchev–Trinajstić information content (AvgIpc) is 2.26. The third kappa shape index (κ3) is 4.11. The Bertz CT molecular complexity index is 402. The molecule has 0 heterocycles. The number of allylic oxidation sites excluding steroid dienone is 2. The summed E-state index contributed by atoms with van der Waals surface area (Å²) >= 11 is 5.78. The van der Waals surface area contributed by atoms with Crippen LogP contribution in [0.1, 0.15) is 27.2 Å². The molecule has 0 amide bonds. The van der Waals surface area contributed by atoms with E-state index in [1.807, 2.05) is 12.1 Å². The fraction of sp³-hybridized carbons (Fsp3) is 0.385. The van der Waals surface area contributed by atoms with Crippen molar-refractivity contribution in [2.75, 3.05) is 5.75 Å². The van der Waals surface area contributed by atoms with Crippen molar-refractivity contribution in [3.05, 3.63) is 40.4 Å². The summed E-state index contributed by atoms with van der Waals surface area (Å²) in [4.78, 5) is 0.853. The van der Waals surface area contributed by atoms with E-state index in [-0.39, 0.29) is 0 Å². The molecule has 0 fully saturated rings. The molecular weight excluding hydrogens is 240 g/mol. The number of benzene rings is 1. The molecule has 1 nitrogen and oxygen atoms in total. The van der Waals surface area contributed by atoms with Gasteiger partial charge in [-0.3, -0.25) is 4.21 Å². The maximum absolute atomic E-state index is 11.9. The largest absolute Gasteiger partial charge is 0.254 e. The molecule has 16 heavy (non-hydrogen) atoms.